The van der Waals surface area contributed by atoms with Gasteiger partial charge in [0.25, 0.3) is 5.91 Å². The highest BCUT2D eigenvalue weighted by molar-refractivity contribution is 6.00. The number of H-pyrrole nitrogens is 1. The minimum Gasteiger partial charge on any atom is -0.339 e. The molecule has 2 fully saturated rings. The second-order valence-electron chi connectivity index (χ2n) is 7.16. The monoisotopic (exact) mass is 325 g/mol. The van der Waals surface area contributed by atoms with E-state index in [1.54, 1.807) is 0 Å². The quantitative estimate of drug-likeness (QED) is 0.917. The minimum atomic E-state index is 0.100. The molecule has 1 aromatic heterocycles. The van der Waals surface area contributed by atoms with Gasteiger partial charge in [-0.25, -0.2) is 4.98 Å². The van der Waals surface area contributed by atoms with Gasteiger partial charge in [-0.3, -0.25) is 9.89 Å². The molecule has 2 aromatic rings. The summed E-state index contributed by atoms with van der Waals surface area (Å²) in [4.78, 5) is 21.6. The molecular weight excluding hydrogens is 302 g/mol. The molecule has 0 atom stereocenters. The van der Waals surface area contributed by atoms with Gasteiger partial charge in [0.2, 0.25) is 0 Å². The lowest BCUT2D eigenvalue weighted by molar-refractivity contribution is 0.0594. The van der Waals surface area contributed by atoms with Crippen LogP contribution >= 0.6 is 0 Å². The lowest BCUT2D eigenvalue weighted by Gasteiger charge is -2.39. The van der Waals surface area contributed by atoms with Gasteiger partial charge in [-0.1, -0.05) is 18.2 Å². The van der Waals surface area contributed by atoms with E-state index < -0.39 is 0 Å². The predicted molar refractivity (Wildman–Crippen MR) is 91.5 cm³/mol. The van der Waals surface area contributed by atoms with Crippen molar-refractivity contribution in [3.8, 4) is 11.4 Å². The Morgan fingerprint density at radius 1 is 1.17 bits per heavy atom. The fourth-order valence-corrected chi connectivity index (χ4v) is 4.13. The zero-order valence-corrected chi connectivity index (χ0v) is 14.0. The second kappa shape index (κ2) is 6.02. The van der Waals surface area contributed by atoms with Gasteiger partial charge in [-0.15, -0.1) is 0 Å². The van der Waals surface area contributed by atoms with Gasteiger partial charge in [-0.05, 0) is 44.3 Å². The van der Waals surface area contributed by atoms with E-state index in [-0.39, 0.29) is 5.91 Å². The zero-order chi connectivity index (χ0) is 16.6. The number of benzene rings is 1. The molecule has 6 heteroatoms. The normalized spacial score (nSPS) is 20.6. The summed E-state index contributed by atoms with van der Waals surface area (Å²) in [6.45, 7) is 4.04. The van der Waals surface area contributed by atoms with Crippen LogP contribution in [-0.4, -0.2) is 64.1 Å². The number of amides is 1. The lowest BCUT2D eigenvalue weighted by Crippen LogP contribution is -2.44. The largest absolute Gasteiger partial charge is 0.339 e. The number of aromatic nitrogens is 3. The van der Waals surface area contributed by atoms with Crippen molar-refractivity contribution >= 4 is 5.91 Å². The molecular formula is C18H23N5O. The summed E-state index contributed by atoms with van der Waals surface area (Å²) in [6, 6.07) is 7.64. The third kappa shape index (κ3) is 2.71. The fraction of sp³-hybridized carbons (Fsp3) is 0.500. The third-order valence-corrected chi connectivity index (χ3v) is 5.57. The Morgan fingerprint density at radius 2 is 1.92 bits per heavy atom. The molecule has 0 bridgehead atoms. The highest BCUT2D eigenvalue weighted by atomic mass is 16.2. The number of likely N-dealkylation sites (tertiary alicyclic amines) is 2. The molecule has 0 radical (unpaired) electrons. The lowest BCUT2D eigenvalue weighted by atomic mass is 9.77. The van der Waals surface area contributed by atoms with Crippen molar-refractivity contribution in [1.29, 1.82) is 0 Å². The summed E-state index contributed by atoms with van der Waals surface area (Å²) in [6.07, 6.45) is 4.94. The first-order valence-corrected chi connectivity index (χ1v) is 8.60. The number of rotatable bonds is 2. The van der Waals surface area contributed by atoms with E-state index in [1.807, 2.05) is 29.2 Å². The van der Waals surface area contributed by atoms with Crippen LogP contribution in [0.2, 0.25) is 0 Å². The van der Waals surface area contributed by atoms with Crippen molar-refractivity contribution in [3.63, 3.8) is 0 Å². The Balaban J connectivity index is 1.52. The van der Waals surface area contributed by atoms with E-state index in [9.17, 15) is 4.79 Å². The molecule has 0 aliphatic carbocycles. The SMILES string of the molecule is CN1CCC2(CCN(C(=O)c3ccccc3-c3ncn[nH]3)CC2)C1. The third-order valence-electron chi connectivity index (χ3n) is 5.57. The Kier molecular flexibility index (Phi) is 3.84. The number of aromatic amines is 1. The van der Waals surface area contributed by atoms with Gasteiger partial charge in [0.05, 0.1) is 5.56 Å². The van der Waals surface area contributed by atoms with Gasteiger partial charge in [0, 0.05) is 25.2 Å². The number of carbonyl (C=O) groups is 1. The Hall–Kier alpha value is -2.21. The highest BCUT2D eigenvalue weighted by Crippen LogP contribution is 2.40. The molecule has 1 spiro atoms. The van der Waals surface area contributed by atoms with Crippen molar-refractivity contribution < 1.29 is 4.79 Å². The summed E-state index contributed by atoms with van der Waals surface area (Å²) in [5.41, 5.74) is 1.95. The molecule has 126 valence electrons. The molecule has 0 unspecified atom stereocenters. The van der Waals surface area contributed by atoms with Crippen LogP contribution in [0.5, 0.6) is 0 Å². The van der Waals surface area contributed by atoms with Gasteiger partial charge in [0.1, 0.15) is 6.33 Å². The van der Waals surface area contributed by atoms with Crippen LogP contribution in [-0.2, 0) is 0 Å². The second-order valence-corrected chi connectivity index (χ2v) is 7.16. The average Bonchev–Trinajstić information content (AvgIpc) is 3.26. The highest BCUT2D eigenvalue weighted by Gasteiger charge is 2.40. The standard InChI is InChI=1S/C18H23N5O/c1-22-9-6-18(12-22)7-10-23(11-8-18)17(24)15-5-3-2-4-14(15)16-19-13-20-21-16/h2-5,13H,6-12H2,1H3,(H,19,20,21). The van der Waals surface area contributed by atoms with Gasteiger partial charge in [-0.2, -0.15) is 5.10 Å². The number of nitrogens with zero attached hydrogens (tertiary/aromatic N) is 4. The zero-order valence-electron chi connectivity index (χ0n) is 14.0. The van der Waals surface area contributed by atoms with Crippen LogP contribution < -0.4 is 0 Å². The van der Waals surface area contributed by atoms with Crippen molar-refractivity contribution in [1.82, 2.24) is 25.0 Å². The van der Waals surface area contributed by atoms with Crippen molar-refractivity contribution in [2.24, 2.45) is 5.41 Å². The van der Waals surface area contributed by atoms with Crippen LogP contribution in [0.15, 0.2) is 30.6 Å². The van der Waals surface area contributed by atoms with Gasteiger partial charge in [0.15, 0.2) is 5.82 Å². The summed E-state index contributed by atoms with van der Waals surface area (Å²) in [5, 5.41) is 6.76. The average molecular weight is 325 g/mol. The van der Waals surface area contributed by atoms with Crippen LogP contribution in [0.25, 0.3) is 11.4 Å². The summed E-state index contributed by atoms with van der Waals surface area (Å²) in [5.74, 6) is 0.744. The molecule has 24 heavy (non-hydrogen) atoms. The molecule has 3 heterocycles. The molecule has 2 aliphatic heterocycles. The molecule has 1 amide bonds. The molecule has 1 aromatic carbocycles. The maximum atomic E-state index is 13.0. The topological polar surface area (TPSA) is 65.1 Å². The van der Waals surface area contributed by atoms with E-state index in [4.69, 9.17) is 0 Å². The maximum Gasteiger partial charge on any atom is 0.254 e. The Bertz CT molecular complexity index is 719. The minimum absolute atomic E-state index is 0.100. The van der Waals surface area contributed by atoms with E-state index >= 15 is 0 Å². The van der Waals surface area contributed by atoms with E-state index in [2.05, 4.69) is 27.1 Å². The molecule has 4 rings (SSSR count). The van der Waals surface area contributed by atoms with E-state index in [0.717, 1.165) is 31.5 Å². The van der Waals surface area contributed by atoms with Crippen molar-refractivity contribution in [2.75, 3.05) is 33.2 Å². The Labute approximate surface area is 141 Å². The first kappa shape index (κ1) is 15.3. The number of piperidine rings is 1. The maximum absolute atomic E-state index is 13.0. The molecule has 1 N–H and O–H groups in total. The fourth-order valence-electron chi connectivity index (χ4n) is 4.13. The summed E-state index contributed by atoms with van der Waals surface area (Å²) >= 11 is 0. The van der Waals surface area contributed by atoms with Crippen LogP contribution in [0, 0.1) is 5.41 Å². The van der Waals surface area contributed by atoms with Gasteiger partial charge < -0.3 is 9.80 Å². The first-order valence-electron chi connectivity index (χ1n) is 8.60. The number of hydrogen-bond donors (Lipinski definition) is 1. The van der Waals surface area contributed by atoms with E-state index in [1.165, 1.54) is 25.8 Å². The summed E-state index contributed by atoms with van der Waals surface area (Å²) < 4.78 is 0. The molecule has 2 saturated heterocycles. The van der Waals surface area contributed by atoms with Crippen LogP contribution in [0.4, 0.5) is 0 Å². The smallest absolute Gasteiger partial charge is 0.254 e. The predicted octanol–water partition coefficient (Wildman–Crippen LogP) is 2.03. The molecule has 6 nitrogen and oxygen atoms in total. The number of nitrogens with one attached hydrogen (secondary N) is 1. The number of carbonyl (C=O) groups excluding carboxylic acids is 1. The molecule has 0 saturated carbocycles. The van der Waals surface area contributed by atoms with Crippen LogP contribution in [0.1, 0.15) is 29.6 Å². The van der Waals surface area contributed by atoms with Crippen molar-refractivity contribution in [2.45, 2.75) is 19.3 Å². The molecule has 2 aliphatic rings. The van der Waals surface area contributed by atoms with Crippen LogP contribution in [0.3, 0.4) is 0 Å². The summed E-state index contributed by atoms with van der Waals surface area (Å²) in [7, 11) is 2.19. The van der Waals surface area contributed by atoms with Gasteiger partial charge >= 0.3 is 0 Å². The van der Waals surface area contributed by atoms with E-state index in [0.29, 0.717) is 16.8 Å². The van der Waals surface area contributed by atoms with Crippen molar-refractivity contribution in [3.05, 3.63) is 36.2 Å². The number of hydrogen-bond acceptors (Lipinski definition) is 4. The Morgan fingerprint density at radius 3 is 2.58 bits per heavy atom. The first-order chi connectivity index (χ1) is 11.7.